The lowest BCUT2D eigenvalue weighted by molar-refractivity contribution is 0.414. The SMILES string of the molecule is COc1cccc(Cn2c(CCl)nc3c(C)nn(C)c32)c1. The van der Waals surface area contributed by atoms with E-state index in [2.05, 4.69) is 20.7 Å². The van der Waals surface area contributed by atoms with Crippen molar-refractivity contribution in [2.45, 2.75) is 19.3 Å². The van der Waals surface area contributed by atoms with Gasteiger partial charge in [-0.15, -0.1) is 11.6 Å². The molecule has 3 rings (SSSR count). The Morgan fingerprint density at radius 3 is 2.86 bits per heavy atom. The van der Waals surface area contributed by atoms with Gasteiger partial charge < -0.3 is 9.30 Å². The third-order valence-corrected chi connectivity index (χ3v) is 3.80. The van der Waals surface area contributed by atoms with Crippen LogP contribution in [0.2, 0.25) is 0 Å². The number of benzene rings is 1. The summed E-state index contributed by atoms with van der Waals surface area (Å²) in [5.74, 6) is 2.07. The summed E-state index contributed by atoms with van der Waals surface area (Å²) in [5.41, 5.74) is 3.96. The fraction of sp³-hybridized carbons (Fsp3) is 0.333. The largest absolute Gasteiger partial charge is 0.497 e. The van der Waals surface area contributed by atoms with E-state index >= 15 is 0 Å². The van der Waals surface area contributed by atoms with Crippen molar-refractivity contribution in [3.63, 3.8) is 0 Å². The minimum Gasteiger partial charge on any atom is -0.497 e. The normalized spacial score (nSPS) is 11.2. The van der Waals surface area contributed by atoms with Crippen LogP contribution in [-0.2, 0) is 19.5 Å². The van der Waals surface area contributed by atoms with Gasteiger partial charge in [0, 0.05) is 7.05 Å². The lowest BCUT2D eigenvalue weighted by atomic mass is 10.2. The number of alkyl halides is 1. The molecular weight excluding hydrogens is 288 g/mol. The first-order valence-electron chi connectivity index (χ1n) is 6.71. The Hall–Kier alpha value is -2.01. The number of rotatable bonds is 4. The third kappa shape index (κ3) is 2.38. The number of aryl methyl sites for hydroxylation is 2. The van der Waals surface area contributed by atoms with E-state index in [1.54, 1.807) is 7.11 Å². The highest BCUT2D eigenvalue weighted by Gasteiger charge is 2.17. The lowest BCUT2D eigenvalue weighted by Gasteiger charge is -2.09. The number of nitrogens with zero attached hydrogens (tertiary/aromatic N) is 4. The summed E-state index contributed by atoms with van der Waals surface area (Å²) in [4.78, 5) is 4.61. The fourth-order valence-corrected chi connectivity index (χ4v) is 2.81. The van der Waals surface area contributed by atoms with Crippen molar-refractivity contribution in [3.8, 4) is 5.75 Å². The summed E-state index contributed by atoms with van der Waals surface area (Å²) in [6, 6.07) is 8.00. The number of halogens is 1. The molecule has 110 valence electrons. The Balaban J connectivity index is 2.10. The molecule has 0 radical (unpaired) electrons. The molecule has 0 unspecified atom stereocenters. The fourth-order valence-electron chi connectivity index (χ4n) is 2.60. The highest BCUT2D eigenvalue weighted by Crippen LogP contribution is 2.22. The average molecular weight is 305 g/mol. The van der Waals surface area contributed by atoms with Crippen molar-refractivity contribution in [1.29, 1.82) is 0 Å². The van der Waals surface area contributed by atoms with Crippen LogP contribution in [0.1, 0.15) is 17.1 Å². The number of methoxy groups -OCH3 is 1. The second kappa shape index (κ2) is 5.41. The second-order valence-corrected chi connectivity index (χ2v) is 5.25. The molecule has 0 atom stereocenters. The van der Waals surface area contributed by atoms with Gasteiger partial charge in [-0.3, -0.25) is 4.68 Å². The van der Waals surface area contributed by atoms with Gasteiger partial charge in [-0.25, -0.2) is 4.98 Å². The predicted octanol–water partition coefficient (Wildman–Crippen LogP) is 2.87. The first-order valence-corrected chi connectivity index (χ1v) is 7.25. The summed E-state index contributed by atoms with van der Waals surface area (Å²) in [6.07, 6.45) is 0. The van der Waals surface area contributed by atoms with E-state index in [0.717, 1.165) is 34.0 Å². The number of hydrogen-bond donors (Lipinski definition) is 0. The molecule has 0 saturated carbocycles. The van der Waals surface area contributed by atoms with Crippen LogP contribution in [0.25, 0.3) is 11.2 Å². The quantitative estimate of drug-likeness (QED) is 0.696. The minimum atomic E-state index is 0.373. The van der Waals surface area contributed by atoms with E-state index in [1.165, 1.54) is 0 Å². The molecule has 0 aliphatic rings. The van der Waals surface area contributed by atoms with Crippen molar-refractivity contribution in [2.75, 3.05) is 7.11 Å². The summed E-state index contributed by atoms with van der Waals surface area (Å²) >= 11 is 6.05. The Bertz CT molecular complexity index is 790. The van der Waals surface area contributed by atoms with Crippen LogP contribution in [0.4, 0.5) is 0 Å². The van der Waals surface area contributed by atoms with Gasteiger partial charge in [-0.2, -0.15) is 5.10 Å². The molecule has 2 heterocycles. The topological polar surface area (TPSA) is 44.9 Å². The molecule has 0 aliphatic heterocycles. The zero-order valence-corrected chi connectivity index (χ0v) is 13.1. The maximum atomic E-state index is 6.05. The summed E-state index contributed by atoms with van der Waals surface area (Å²) in [7, 11) is 3.60. The number of ether oxygens (including phenoxy) is 1. The Kier molecular flexibility index (Phi) is 3.59. The van der Waals surface area contributed by atoms with E-state index in [-0.39, 0.29) is 0 Å². The Morgan fingerprint density at radius 2 is 2.14 bits per heavy atom. The number of fused-ring (bicyclic) bond motifs is 1. The van der Waals surface area contributed by atoms with Crippen LogP contribution in [0.15, 0.2) is 24.3 Å². The van der Waals surface area contributed by atoms with E-state index < -0.39 is 0 Å². The minimum absolute atomic E-state index is 0.373. The van der Waals surface area contributed by atoms with Gasteiger partial charge >= 0.3 is 0 Å². The van der Waals surface area contributed by atoms with Gasteiger partial charge in [0.1, 0.15) is 17.1 Å². The molecule has 2 aromatic heterocycles. The first kappa shape index (κ1) is 13.9. The van der Waals surface area contributed by atoms with Crippen LogP contribution in [0.5, 0.6) is 5.75 Å². The zero-order chi connectivity index (χ0) is 15.0. The monoisotopic (exact) mass is 304 g/mol. The Morgan fingerprint density at radius 1 is 1.33 bits per heavy atom. The highest BCUT2D eigenvalue weighted by atomic mass is 35.5. The molecule has 0 aliphatic carbocycles. The van der Waals surface area contributed by atoms with Gasteiger partial charge in [0.15, 0.2) is 5.65 Å². The van der Waals surface area contributed by atoms with Crippen molar-refractivity contribution >= 4 is 22.8 Å². The highest BCUT2D eigenvalue weighted by molar-refractivity contribution is 6.16. The molecule has 0 N–H and O–H groups in total. The van der Waals surface area contributed by atoms with Crippen LogP contribution in [0, 0.1) is 6.92 Å². The van der Waals surface area contributed by atoms with E-state index in [0.29, 0.717) is 12.4 Å². The van der Waals surface area contributed by atoms with Crippen LogP contribution < -0.4 is 4.74 Å². The van der Waals surface area contributed by atoms with Crippen LogP contribution in [0.3, 0.4) is 0 Å². The molecule has 21 heavy (non-hydrogen) atoms. The van der Waals surface area contributed by atoms with Gasteiger partial charge in [-0.05, 0) is 24.6 Å². The molecule has 1 aromatic carbocycles. The van der Waals surface area contributed by atoms with Crippen molar-refractivity contribution < 1.29 is 4.74 Å². The maximum Gasteiger partial charge on any atom is 0.159 e. The molecule has 6 heteroatoms. The van der Waals surface area contributed by atoms with E-state index in [4.69, 9.17) is 16.3 Å². The van der Waals surface area contributed by atoms with Gasteiger partial charge in [0.2, 0.25) is 0 Å². The Labute approximate surface area is 128 Å². The third-order valence-electron chi connectivity index (χ3n) is 3.56. The zero-order valence-electron chi connectivity index (χ0n) is 12.3. The number of hydrogen-bond acceptors (Lipinski definition) is 3. The molecule has 5 nitrogen and oxygen atoms in total. The van der Waals surface area contributed by atoms with Crippen molar-refractivity contribution in [3.05, 3.63) is 41.3 Å². The molecule has 0 amide bonds. The van der Waals surface area contributed by atoms with Gasteiger partial charge in [0.05, 0.1) is 25.2 Å². The van der Waals surface area contributed by atoms with Gasteiger partial charge in [-0.1, -0.05) is 12.1 Å². The molecule has 3 aromatic rings. The molecule has 0 fully saturated rings. The van der Waals surface area contributed by atoms with Gasteiger partial charge in [0.25, 0.3) is 0 Å². The molecule has 0 bridgehead atoms. The van der Waals surface area contributed by atoms with E-state index in [9.17, 15) is 0 Å². The van der Waals surface area contributed by atoms with Crippen LogP contribution in [-0.4, -0.2) is 26.4 Å². The number of imidazole rings is 1. The summed E-state index contributed by atoms with van der Waals surface area (Å²) < 4.78 is 9.24. The van der Waals surface area contributed by atoms with E-state index in [1.807, 2.05) is 36.9 Å². The standard InChI is InChI=1S/C15H17ClN4O/c1-10-14-15(19(2)18-10)20(13(8-16)17-14)9-11-5-4-6-12(7-11)21-3/h4-7H,8-9H2,1-3H3. The van der Waals surface area contributed by atoms with Crippen molar-refractivity contribution in [1.82, 2.24) is 19.3 Å². The smallest absolute Gasteiger partial charge is 0.159 e. The molecular formula is C15H17ClN4O. The predicted molar refractivity (Wildman–Crippen MR) is 82.9 cm³/mol. The average Bonchev–Trinajstić information content (AvgIpc) is 2.98. The first-order chi connectivity index (χ1) is 10.1. The van der Waals surface area contributed by atoms with Crippen LogP contribution >= 0.6 is 11.6 Å². The summed E-state index contributed by atoms with van der Waals surface area (Å²) in [6.45, 7) is 2.65. The molecule has 0 spiro atoms. The second-order valence-electron chi connectivity index (χ2n) is 4.98. The molecule has 0 saturated heterocycles. The number of aromatic nitrogens is 4. The van der Waals surface area contributed by atoms with Crippen molar-refractivity contribution in [2.24, 2.45) is 7.05 Å². The lowest BCUT2D eigenvalue weighted by Crippen LogP contribution is -2.07. The maximum absolute atomic E-state index is 6.05. The summed E-state index contributed by atoms with van der Waals surface area (Å²) in [5, 5.41) is 4.43.